The lowest BCUT2D eigenvalue weighted by Gasteiger charge is -2.12. The molecule has 1 aromatic carbocycles. The molecule has 31 heavy (non-hydrogen) atoms. The number of hydrogen-bond acceptors (Lipinski definition) is 6. The Morgan fingerprint density at radius 1 is 1.35 bits per heavy atom. The summed E-state index contributed by atoms with van der Waals surface area (Å²) in [7, 11) is 0. The summed E-state index contributed by atoms with van der Waals surface area (Å²) in [5, 5.41) is 4.77. The number of amides is 2. The molecule has 2 aromatic heterocycles. The summed E-state index contributed by atoms with van der Waals surface area (Å²) in [6.07, 6.45) is 3.46. The molecule has 0 fully saturated rings. The van der Waals surface area contributed by atoms with Gasteiger partial charge in [0.05, 0.1) is 22.2 Å². The molecule has 2 heterocycles. The number of hydrogen-bond donors (Lipinski definition) is 2. The first-order valence-electron chi connectivity index (χ1n) is 9.96. The Hall–Kier alpha value is -2.36. The fraction of sp³-hybridized carbons (Fsp3) is 0.333. The predicted molar refractivity (Wildman–Crippen MR) is 126 cm³/mol. The van der Waals surface area contributed by atoms with Gasteiger partial charge in [-0.25, -0.2) is 4.98 Å². The van der Waals surface area contributed by atoms with Crippen molar-refractivity contribution in [3.05, 3.63) is 49.6 Å². The summed E-state index contributed by atoms with van der Waals surface area (Å²) in [6, 6.07) is 4.98. The molecule has 0 spiro atoms. The molecule has 3 N–H and O–H groups in total. The van der Waals surface area contributed by atoms with Gasteiger partial charge in [0.1, 0.15) is 5.00 Å². The molecule has 0 aliphatic heterocycles. The van der Waals surface area contributed by atoms with Crippen LogP contribution >= 0.6 is 34.7 Å². The van der Waals surface area contributed by atoms with Crippen LogP contribution in [-0.4, -0.2) is 27.1 Å². The molecule has 4 rings (SSSR count). The zero-order chi connectivity index (χ0) is 22.1. The Morgan fingerprint density at radius 3 is 2.90 bits per heavy atom. The van der Waals surface area contributed by atoms with E-state index in [1.807, 2.05) is 6.92 Å². The van der Waals surface area contributed by atoms with Gasteiger partial charge in [-0.1, -0.05) is 30.3 Å². The van der Waals surface area contributed by atoms with Gasteiger partial charge in [0.15, 0.2) is 5.16 Å². The quantitative estimate of drug-likeness (QED) is 0.398. The number of thiophene rings is 1. The van der Waals surface area contributed by atoms with Crippen molar-refractivity contribution in [1.29, 1.82) is 0 Å². The standard InChI is InChI=1S/C21H21ClN4O3S2/c1-2-8-26-20(29)12-7-6-11(22)9-14(12)24-21(26)30-10-16(27)25-19-17(18(23)28)13-4-3-5-15(13)31-19/h6-7,9H,2-5,8,10H2,1H3,(H2,23,28)(H,25,27). The van der Waals surface area contributed by atoms with E-state index >= 15 is 0 Å². The Morgan fingerprint density at radius 2 is 2.16 bits per heavy atom. The van der Waals surface area contributed by atoms with Crippen LogP contribution in [0.5, 0.6) is 0 Å². The minimum atomic E-state index is -0.521. The van der Waals surface area contributed by atoms with Gasteiger partial charge in [-0.3, -0.25) is 19.0 Å². The van der Waals surface area contributed by atoms with Crippen molar-refractivity contribution in [3.8, 4) is 0 Å². The summed E-state index contributed by atoms with van der Waals surface area (Å²) >= 11 is 8.65. The van der Waals surface area contributed by atoms with Gasteiger partial charge in [-0.05, 0) is 49.4 Å². The molecule has 0 atom stereocenters. The van der Waals surface area contributed by atoms with Gasteiger partial charge in [0.2, 0.25) is 5.91 Å². The van der Waals surface area contributed by atoms with Crippen LogP contribution in [0.4, 0.5) is 5.00 Å². The molecular weight excluding hydrogens is 456 g/mol. The lowest BCUT2D eigenvalue weighted by Crippen LogP contribution is -2.24. The predicted octanol–water partition coefficient (Wildman–Crippen LogP) is 3.84. The number of nitrogens with one attached hydrogen (secondary N) is 1. The number of carbonyl (C=O) groups is 2. The van der Waals surface area contributed by atoms with Crippen LogP contribution in [0.25, 0.3) is 10.9 Å². The zero-order valence-electron chi connectivity index (χ0n) is 16.9. The van der Waals surface area contributed by atoms with E-state index < -0.39 is 5.91 Å². The molecule has 162 valence electrons. The van der Waals surface area contributed by atoms with Crippen LogP contribution in [0.3, 0.4) is 0 Å². The first kappa shape index (κ1) is 21.9. The van der Waals surface area contributed by atoms with E-state index in [1.54, 1.807) is 22.8 Å². The van der Waals surface area contributed by atoms with E-state index in [0.29, 0.717) is 38.2 Å². The molecule has 1 aliphatic rings. The third-order valence-electron chi connectivity index (χ3n) is 5.08. The fourth-order valence-corrected chi connectivity index (χ4v) is 6.05. The van der Waals surface area contributed by atoms with E-state index in [4.69, 9.17) is 17.3 Å². The minimum absolute atomic E-state index is 0.0446. The zero-order valence-corrected chi connectivity index (χ0v) is 19.3. The summed E-state index contributed by atoms with van der Waals surface area (Å²) in [6.45, 7) is 2.47. The molecule has 0 saturated heterocycles. The number of halogens is 1. The molecule has 3 aromatic rings. The second-order valence-electron chi connectivity index (χ2n) is 7.28. The van der Waals surface area contributed by atoms with Gasteiger partial charge in [-0.15, -0.1) is 11.3 Å². The minimum Gasteiger partial charge on any atom is -0.365 e. The van der Waals surface area contributed by atoms with Crippen molar-refractivity contribution in [3.63, 3.8) is 0 Å². The number of thioether (sulfide) groups is 1. The summed E-state index contributed by atoms with van der Waals surface area (Å²) < 4.78 is 1.59. The largest absolute Gasteiger partial charge is 0.365 e. The van der Waals surface area contributed by atoms with Crippen molar-refractivity contribution in [2.75, 3.05) is 11.1 Å². The van der Waals surface area contributed by atoms with Crippen molar-refractivity contribution in [2.45, 2.75) is 44.3 Å². The fourth-order valence-electron chi connectivity index (χ4n) is 3.75. The number of rotatable bonds is 7. The average molecular weight is 477 g/mol. The van der Waals surface area contributed by atoms with Gasteiger partial charge < -0.3 is 11.1 Å². The normalized spacial score (nSPS) is 12.8. The van der Waals surface area contributed by atoms with Crippen molar-refractivity contribution in [2.24, 2.45) is 5.73 Å². The number of anilines is 1. The van der Waals surface area contributed by atoms with Gasteiger partial charge in [0.25, 0.3) is 11.5 Å². The third kappa shape index (κ3) is 4.35. The number of primary amides is 1. The highest BCUT2D eigenvalue weighted by molar-refractivity contribution is 7.99. The molecule has 2 amide bonds. The van der Waals surface area contributed by atoms with Crippen molar-refractivity contribution in [1.82, 2.24) is 9.55 Å². The molecular formula is C21H21ClN4O3S2. The number of benzene rings is 1. The maximum atomic E-state index is 12.9. The summed E-state index contributed by atoms with van der Waals surface area (Å²) in [5.41, 5.74) is 7.29. The maximum Gasteiger partial charge on any atom is 0.262 e. The van der Waals surface area contributed by atoms with Crippen LogP contribution in [0.1, 0.15) is 40.6 Å². The molecule has 0 bridgehead atoms. The summed E-state index contributed by atoms with van der Waals surface area (Å²) in [4.78, 5) is 43.2. The Bertz CT molecular complexity index is 1250. The second kappa shape index (κ2) is 9.02. The Kier molecular flexibility index (Phi) is 6.36. The van der Waals surface area contributed by atoms with E-state index in [0.717, 1.165) is 36.1 Å². The van der Waals surface area contributed by atoms with Gasteiger partial charge in [0, 0.05) is 16.4 Å². The highest BCUT2D eigenvalue weighted by atomic mass is 35.5. The number of fused-ring (bicyclic) bond motifs is 2. The van der Waals surface area contributed by atoms with E-state index in [2.05, 4.69) is 10.3 Å². The average Bonchev–Trinajstić information content (AvgIpc) is 3.29. The molecule has 0 unspecified atom stereocenters. The Balaban J connectivity index is 1.57. The lowest BCUT2D eigenvalue weighted by atomic mass is 10.1. The number of aryl methyl sites for hydroxylation is 1. The number of carbonyl (C=O) groups excluding carboxylic acids is 2. The molecule has 0 saturated carbocycles. The smallest absolute Gasteiger partial charge is 0.262 e. The summed E-state index contributed by atoms with van der Waals surface area (Å²) in [5.74, 6) is -0.758. The van der Waals surface area contributed by atoms with Crippen LogP contribution in [0.2, 0.25) is 5.02 Å². The van der Waals surface area contributed by atoms with Gasteiger partial charge >= 0.3 is 0 Å². The number of nitrogens with two attached hydrogens (primary N) is 1. The SMILES string of the molecule is CCCn1c(SCC(=O)Nc2sc3c(c2C(N)=O)CCC3)nc2cc(Cl)ccc2c1=O. The first-order valence-corrected chi connectivity index (χ1v) is 12.1. The topological polar surface area (TPSA) is 107 Å². The molecule has 1 aliphatic carbocycles. The van der Waals surface area contributed by atoms with Gasteiger partial charge in [-0.2, -0.15) is 0 Å². The molecule has 7 nitrogen and oxygen atoms in total. The van der Waals surface area contributed by atoms with E-state index in [-0.39, 0.29) is 17.2 Å². The maximum absolute atomic E-state index is 12.9. The molecule has 0 radical (unpaired) electrons. The van der Waals surface area contributed by atoms with Crippen LogP contribution < -0.4 is 16.6 Å². The van der Waals surface area contributed by atoms with Crippen molar-refractivity contribution >= 4 is 62.4 Å². The van der Waals surface area contributed by atoms with Crippen LogP contribution in [-0.2, 0) is 24.2 Å². The number of aromatic nitrogens is 2. The first-order chi connectivity index (χ1) is 14.9. The van der Waals surface area contributed by atoms with Crippen LogP contribution in [0, 0.1) is 0 Å². The monoisotopic (exact) mass is 476 g/mol. The van der Waals surface area contributed by atoms with E-state index in [9.17, 15) is 14.4 Å². The molecule has 10 heteroatoms. The number of nitrogens with zero attached hydrogens (tertiary/aromatic N) is 2. The highest BCUT2D eigenvalue weighted by Crippen LogP contribution is 2.39. The Labute approximate surface area is 192 Å². The van der Waals surface area contributed by atoms with E-state index in [1.165, 1.54) is 23.1 Å². The second-order valence-corrected chi connectivity index (χ2v) is 9.76. The van der Waals surface area contributed by atoms with Crippen LogP contribution in [0.15, 0.2) is 28.2 Å². The van der Waals surface area contributed by atoms with Crippen molar-refractivity contribution < 1.29 is 9.59 Å². The third-order valence-corrected chi connectivity index (χ3v) is 7.50. The highest BCUT2D eigenvalue weighted by Gasteiger charge is 2.26. The lowest BCUT2D eigenvalue weighted by molar-refractivity contribution is -0.113.